The molecule has 10 aromatic carbocycles. The highest BCUT2D eigenvalue weighted by molar-refractivity contribution is 7.20. The molecule has 0 atom stereocenters. The molecule has 0 unspecified atom stereocenters. The van der Waals surface area contributed by atoms with Crippen LogP contribution in [0.4, 0.5) is 34.1 Å². The van der Waals surface area contributed by atoms with E-state index in [9.17, 15) is 0 Å². The van der Waals surface area contributed by atoms with E-state index in [1.54, 1.807) is 0 Å². The van der Waals surface area contributed by atoms with Crippen LogP contribution in [0.2, 0.25) is 0 Å². The van der Waals surface area contributed by atoms with E-state index >= 15 is 0 Å². The molecule has 0 fully saturated rings. The van der Waals surface area contributed by atoms with Gasteiger partial charge in [-0.1, -0.05) is 196 Å². The van der Waals surface area contributed by atoms with Crippen molar-refractivity contribution in [1.29, 1.82) is 0 Å². The molecule has 0 radical (unpaired) electrons. The molecule has 0 heterocycles. The summed E-state index contributed by atoms with van der Waals surface area (Å²) in [7, 11) is -3.04. The number of fused-ring (bicyclic) bond motifs is 4. The highest BCUT2D eigenvalue weighted by atomic mass is 28.3. The number of nitrogens with zero attached hydrogens (tertiary/aromatic N) is 2. The van der Waals surface area contributed by atoms with Crippen LogP contribution in [0.25, 0.3) is 21.9 Å². The van der Waals surface area contributed by atoms with Crippen molar-refractivity contribution in [3.8, 4) is 11.1 Å². The second-order valence-corrected chi connectivity index (χ2v) is 21.2. The van der Waals surface area contributed by atoms with Gasteiger partial charge < -0.3 is 9.80 Å². The molecule has 1 aliphatic rings. The van der Waals surface area contributed by atoms with Crippen molar-refractivity contribution in [2.45, 2.75) is 19.3 Å². The van der Waals surface area contributed by atoms with Crippen molar-refractivity contribution in [3.63, 3.8) is 0 Å². The van der Waals surface area contributed by atoms with E-state index < -0.39 is 8.07 Å². The van der Waals surface area contributed by atoms with Gasteiger partial charge >= 0.3 is 0 Å². The summed E-state index contributed by atoms with van der Waals surface area (Å²) in [5.41, 5.74) is 12.0. The Morgan fingerprint density at radius 2 is 0.688 bits per heavy atom. The molecule has 306 valence electrons. The smallest absolute Gasteiger partial charge is 0.179 e. The molecule has 10 aromatic rings. The van der Waals surface area contributed by atoms with E-state index in [1.165, 1.54) is 53.8 Å². The van der Waals surface area contributed by atoms with Gasteiger partial charge in [0.1, 0.15) is 0 Å². The average Bonchev–Trinajstić information content (AvgIpc) is 3.58. The summed E-state index contributed by atoms with van der Waals surface area (Å²) in [5.74, 6) is 0. The molecule has 0 saturated heterocycles. The molecule has 0 aromatic heterocycles. The SMILES string of the molecule is CC1(C)c2ccccc2-c2cc(N(c3ccccc3)c3cccc([Si](c4ccccc4)(c4ccccc4)c4cccc(N(c5ccccc5)c5ccc6ccccc6c5)c4)c3)ccc21. The fourth-order valence-corrected chi connectivity index (χ4v) is 15.2. The summed E-state index contributed by atoms with van der Waals surface area (Å²) in [4.78, 5) is 4.85. The van der Waals surface area contributed by atoms with Gasteiger partial charge in [-0.05, 0) is 127 Å². The van der Waals surface area contributed by atoms with E-state index in [-0.39, 0.29) is 5.41 Å². The topological polar surface area (TPSA) is 6.48 Å². The van der Waals surface area contributed by atoms with Gasteiger partial charge in [-0.25, -0.2) is 0 Å². The van der Waals surface area contributed by atoms with Crippen LogP contribution in [0.5, 0.6) is 0 Å². The van der Waals surface area contributed by atoms with Gasteiger partial charge in [0.15, 0.2) is 8.07 Å². The summed E-state index contributed by atoms with van der Waals surface area (Å²) in [6.45, 7) is 4.70. The van der Waals surface area contributed by atoms with Gasteiger partial charge in [-0.3, -0.25) is 0 Å². The minimum atomic E-state index is -3.04. The maximum absolute atomic E-state index is 3.04. The molecular weight excluding hydrogens is 789 g/mol. The second-order valence-electron chi connectivity index (χ2n) is 17.4. The normalized spacial score (nSPS) is 12.7. The Morgan fingerprint density at radius 3 is 1.27 bits per heavy atom. The predicted molar refractivity (Wildman–Crippen MR) is 274 cm³/mol. The van der Waals surface area contributed by atoms with Crippen LogP contribution < -0.4 is 30.5 Å². The Kier molecular flexibility index (Phi) is 9.91. The first-order valence-electron chi connectivity index (χ1n) is 22.3. The summed E-state index contributed by atoms with van der Waals surface area (Å²) >= 11 is 0. The lowest BCUT2D eigenvalue weighted by Gasteiger charge is -2.36. The van der Waals surface area contributed by atoms with Crippen LogP contribution in [-0.2, 0) is 5.41 Å². The zero-order valence-electron chi connectivity index (χ0n) is 36.1. The number of benzene rings is 10. The summed E-state index contributed by atoms with van der Waals surface area (Å²) in [6, 6.07) is 94.4. The minimum absolute atomic E-state index is 0.0720. The zero-order chi connectivity index (χ0) is 43.1. The van der Waals surface area contributed by atoms with E-state index in [4.69, 9.17) is 0 Å². The van der Waals surface area contributed by atoms with Crippen molar-refractivity contribution < 1.29 is 0 Å². The first kappa shape index (κ1) is 39.1. The fraction of sp³-hybridized carbons (Fsp3) is 0.0492. The van der Waals surface area contributed by atoms with Crippen LogP contribution in [0.15, 0.2) is 255 Å². The predicted octanol–water partition coefficient (Wildman–Crippen LogP) is 13.5. The standard InChI is InChI=1S/C61H48N2Si/c1-61(2)59-36-18-17-35-57(59)58-44-52(39-40-60(58)61)63(48-25-9-4-10-26-48)50-28-20-34-56(43-50)64(53-29-11-5-12-30-53,54-31-13-6-14-32-54)55-33-19-27-49(42-55)62(47-23-7-3-8-24-47)51-38-37-45-21-15-16-22-46(45)41-51/h3-44H,1-2H3. The fourth-order valence-electron chi connectivity index (χ4n) is 10.3. The highest BCUT2D eigenvalue weighted by Gasteiger charge is 2.42. The quantitative estimate of drug-likeness (QED) is 0.100. The molecule has 11 rings (SSSR count). The maximum atomic E-state index is 2.48. The molecule has 0 amide bonds. The molecule has 0 saturated carbocycles. The minimum Gasteiger partial charge on any atom is -0.310 e. The molecule has 64 heavy (non-hydrogen) atoms. The monoisotopic (exact) mass is 836 g/mol. The maximum Gasteiger partial charge on any atom is 0.179 e. The molecular formula is C61H48N2Si. The number of hydrogen-bond donors (Lipinski definition) is 0. The average molecular weight is 837 g/mol. The van der Waals surface area contributed by atoms with Gasteiger partial charge in [-0.2, -0.15) is 0 Å². The van der Waals surface area contributed by atoms with Gasteiger partial charge in [0, 0.05) is 39.5 Å². The Morgan fingerprint density at radius 1 is 0.281 bits per heavy atom. The van der Waals surface area contributed by atoms with Crippen LogP contribution >= 0.6 is 0 Å². The lowest BCUT2D eigenvalue weighted by molar-refractivity contribution is 0.660. The van der Waals surface area contributed by atoms with E-state index in [1.807, 2.05) is 0 Å². The van der Waals surface area contributed by atoms with Crippen molar-refractivity contribution in [1.82, 2.24) is 0 Å². The van der Waals surface area contributed by atoms with Crippen LogP contribution in [-0.4, -0.2) is 8.07 Å². The van der Waals surface area contributed by atoms with Gasteiger partial charge in [-0.15, -0.1) is 0 Å². The van der Waals surface area contributed by atoms with Crippen LogP contribution in [0.3, 0.4) is 0 Å². The van der Waals surface area contributed by atoms with Crippen molar-refractivity contribution in [2.75, 3.05) is 9.80 Å². The Hall–Kier alpha value is -7.72. The number of anilines is 6. The third kappa shape index (κ3) is 6.64. The molecule has 3 heteroatoms. The van der Waals surface area contributed by atoms with E-state index in [0.717, 1.165) is 34.1 Å². The Labute approximate surface area is 378 Å². The van der Waals surface area contributed by atoms with Gasteiger partial charge in [0.25, 0.3) is 0 Å². The lowest BCUT2D eigenvalue weighted by atomic mass is 9.82. The van der Waals surface area contributed by atoms with E-state index in [2.05, 4.69) is 278 Å². The molecule has 0 spiro atoms. The number of rotatable bonds is 10. The largest absolute Gasteiger partial charge is 0.310 e. The molecule has 2 nitrogen and oxygen atoms in total. The highest BCUT2D eigenvalue weighted by Crippen LogP contribution is 2.50. The first-order chi connectivity index (χ1) is 31.5. The summed E-state index contributed by atoms with van der Waals surface area (Å²) in [5, 5.41) is 7.72. The van der Waals surface area contributed by atoms with Crippen molar-refractivity contribution in [2.24, 2.45) is 0 Å². The Balaban J connectivity index is 1.14. The van der Waals surface area contributed by atoms with Crippen LogP contribution in [0.1, 0.15) is 25.0 Å². The third-order valence-corrected chi connectivity index (χ3v) is 18.1. The Bertz CT molecular complexity index is 3220. The molecule has 1 aliphatic carbocycles. The third-order valence-electron chi connectivity index (χ3n) is 13.3. The van der Waals surface area contributed by atoms with Gasteiger partial charge in [0.05, 0.1) is 0 Å². The van der Waals surface area contributed by atoms with Crippen molar-refractivity contribution >= 4 is 73.7 Å². The second kappa shape index (κ2) is 16.2. The summed E-state index contributed by atoms with van der Waals surface area (Å²) in [6.07, 6.45) is 0. The summed E-state index contributed by atoms with van der Waals surface area (Å²) < 4.78 is 0. The van der Waals surface area contributed by atoms with Crippen LogP contribution in [0, 0.1) is 0 Å². The van der Waals surface area contributed by atoms with Crippen molar-refractivity contribution in [3.05, 3.63) is 266 Å². The number of hydrogen-bond acceptors (Lipinski definition) is 2. The van der Waals surface area contributed by atoms with Gasteiger partial charge in [0.2, 0.25) is 0 Å². The zero-order valence-corrected chi connectivity index (χ0v) is 37.1. The number of para-hydroxylation sites is 2. The molecule has 0 N–H and O–H groups in total. The molecule has 0 aliphatic heterocycles. The molecule has 0 bridgehead atoms. The first-order valence-corrected chi connectivity index (χ1v) is 24.3. The van der Waals surface area contributed by atoms with E-state index in [0.29, 0.717) is 0 Å². The lowest BCUT2D eigenvalue weighted by Crippen LogP contribution is -2.74.